The average molecular weight is 319 g/mol. The maximum Gasteiger partial charge on any atom is 0.175 e. The van der Waals surface area contributed by atoms with E-state index < -0.39 is 6.10 Å². The van der Waals surface area contributed by atoms with Crippen molar-refractivity contribution in [2.45, 2.75) is 14.8 Å². The van der Waals surface area contributed by atoms with Crippen LogP contribution in [0, 0.1) is 0 Å². The first-order chi connectivity index (χ1) is 8.69. The minimum Gasteiger partial charge on any atom is -0.388 e. The lowest BCUT2D eigenvalue weighted by molar-refractivity contribution is 0.204. The van der Waals surface area contributed by atoms with Gasteiger partial charge >= 0.3 is 0 Å². The second-order valence-electron chi connectivity index (χ2n) is 3.42. The predicted octanol–water partition coefficient (Wildman–Crippen LogP) is 3.74. The Bertz CT molecular complexity index is 520. The van der Waals surface area contributed by atoms with Crippen LogP contribution in [0.2, 0.25) is 5.02 Å². The number of thioether (sulfide) groups is 2. The fraction of sp³-hybridized carbons (Fsp3) is 0.273. The van der Waals surface area contributed by atoms with Crippen molar-refractivity contribution >= 4 is 46.5 Å². The lowest BCUT2D eigenvalue weighted by Gasteiger charge is -2.09. The molecule has 0 bridgehead atoms. The zero-order chi connectivity index (χ0) is 13.0. The van der Waals surface area contributed by atoms with Crippen molar-refractivity contribution in [3.63, 3.8) is 0 Å². The van der Waals surface area contributed by atoms with Crippen LogP contribution >= 0.6 is 46.5 Å². The second kappa shape index (κ2) is 6.77. The van der Waals surface area contributed by atoms with Crippen molar-refractivity contribution in [2.24, 2.45) is 0 Å². The third-order valence-corrected chi connectivity index (χ3v) is 5.50. The molecule has 0 aliphatic rings. The molecule has 2 rings (SSSR count). The standard InChI is InChI=1S/C11H11ClN2OS3/c1-16-10-13-14-11(18-10)17-6-9(15)7-3-2-4-8(12)5-7/h2-5,9,15H,6H2,1H3. The Balaban J connectivity index is 1.93. The zero-order valence-corrected chi connectivity index (χ0v) is 12.7. The first kappa shape index (κ1) is 14.1. The molecule has 2 aromatic rings. The number of halogens is 1. The molecule has 1 atom stereocenters. The first-order valence-electron chi connectivity index (χ1n) is 5.13. The van der Waals surface area contributed by atoms with E-state index in [0.717, 1.165) is 14.2 Å². The Kier molecular flexibility index (Phi) is 5.32. The number of aromatic nitrogens is 2. The molecule has 1 aromatic heterocycles. The molecule has 0 radical (unpaired) electrons. The fourth-order valence-electron chi connectivity index (χ4n) is 1.30. The van der Waals surface area contributed by atoms with Crippen LogP contribution in [0.3, 0.4) is 0 Å². The van der Waals surface area contributed by atoms with Gasteiger partial charge in [0, 0.05) is 10.8 Å². The molecule has 1 aromatic carbocycles. The van der Waals surface area contributed by atoms with Crippen LogP contribution < -0.4 is 0 Å². The molecular formula is C11H11ClN2OS3. The van der Waals surface area contributed by atoms with Crippen LogP contribution in [0.1, 0.15) is 11.7 Å². The van der Waals surface area contributed by atoms with Gasteiger partial charge in [-0.2, -0.15) is 0 Å². The highest BCUT2D eigenvalue weighted by Gasteiger charge is 2.11. The van der Waals surface area contributed by atoms with E-state index in [1.807, 2.05) is 18.4 Å². The van der Waals surface area contributed by atoms with Gasteiger partial charge < -0.3 is 5.11 Å². The highest BCUT2D eigenvalue weighted by atomic mass is 35.5. The van der Waals surface area contributed by atoms with Crippen molar-refractivity contribution in [2.75, 3.05) is 12.0 Å². The quantitative estimate of drug-likeness (QED) is 0.851. The Hall–Kier alpha value is -0.270. The molecule has 0 spiro atoms. The van der Waals surface area contributed by atoms with Gasteiger partial charge in [0.2, 0.25) is 0 Å². The van der Waals surface area contributed by atoms with Gasteiger partial charge in [0.1, 0.15) is 0 Å². The molecular weight excluding hydrogens is 308 g/mol. The Morgan fingerprint density at radius 2 is 2.17 bits per heavy atom. The molecule has 1 unspecified atom stereocenters. The molecule has 0 aliphatic carbocycles. The van der Waals surface area contributed by atoms with Crippen LogP contribution in [-0.4, -0.2) is 27.3 Å². The average Bonchev–Trinajstić information content (AvgIpc) is 2.84. The number of hydrogen-bond acceptors (Lipinski definition) is 6. The van der Waals surface area contributed by atoms with Gasteiger partial charge in [-0.05, 0) is 24.0 Å². The van der Waals surface area contributed by atoms with E-state index in [1.165, 1.54) is 23.1 Å². The molecule has 0 aliphatic heterocycles. The van der Waals surface area contributed by atoms with E-state index in [1.54, 1.807) is 23.9 Å². The van der Waals surface area contributed by atoms with Gasteiger partial charge in [-0.1, -0.05) is 58.6 Å². The SMILES string of the molecule is CSc1nnc(SCC(O)c2cccc(Cl)c2)s1. The minimum atomic E-state index is -0.546. The van der Waals surface area contributed by atoms with E-state index in [9.17, 15) is 5.11 Å². The molecule has 0 amide bonds. The summed E-state index contributed by atoms with van der Waals surface area (Å²) in [4.78, 5) is 0. The largest absolute Gasteiger partial charge is 0.388 e. The van der Waals surface area contributed by atoms with Crippen LogP contribution in [0.5, 0.6) is 0 Å². The van der Waals surface area contributed by atoms with Crippen molar-refractivity contribution in [1.29, 1.82) is 0 Å². The third-order valence-electron chi connectivity index (χ3n) is 2.16. The number of benzene rings is 1. The highest BCUT2D eigenvalue weighted by Crippen LogP contribution is 2.30. The van der Waals surface area contributed by atoms with E-state index in [2.05, 4.69) is 10.2 Å². The maximum atomic E-state index is 10.0. The molecule has 1 N–H and O–H groups in total. The summed E-state index contributed by atoms with van der Waals surface area (Å²) < 4.78 is 1.81. The number of aliphatic hydroxyl groups is 1. The zero-order valence-electron chi connectivity index (χ0n) is 9.54. The lowest BCUT2D eigenvalue weighted by atomic mass is 10.1. The van der Waals surface area contributed by atoms with Gasteiger partial charge in [-0.3, -0.25) is 0 Å². The van der Waals surface area contributed by atoms with Gasteiger partial charge in [-0.15, -0.1) is 10.2 Å². The molecule has 96 valence electrons. The number of nitrogens with zero attached hydrogens (tertiary/aromatic N) is 2. The number of aliphatic hydroxyl groups excluding tert-OH is 1. The van der Waals surface area contributed by atoms with Gasteiger partial charge in [0.15, 0.2) is 8.68 Å². The highest BCUT2D eigenvalue weighted by molar-refractivity contribution is 8.02. The number of rotatable bonds is 5. The van der Waals surface area contributed by atoms with Gasteiger partial charge in [0.25, 0.3) is 0 Å². The Morgan fingerprint density at radius 1 is 1.39 bits per heavy atom. The topological polar surface area (TPSA) is 46.0 Å². The maximum absolute atomic E-state index is 10.0. The Labute approximate surface area is 123 Å². The Morgan fingerprint density at radius 3 is 2.83 bits per heavy atom. The van der Waals surface area contributed by atoms with E-state index in [0.29, 0.717) is 10.8 Å². The summed E-state index contributed by atoms with van der Waals surface area (Å²) in [6.07, 6.45) is 1.42. The molecule has 1 heterocycles. The van der Waals surface area contributed by atoms with E-state index in [-0.39, 0.29) is 0 Å². The van der Waals surface area contributed by atoms with Gasteiger partial charge in [-0.25, -0.2) is 0 Å². The van der Waals surface area contributed by atoms with E-state index in [4.69, 9.17) is 11.6 Å². The molecule has 0 saturated carbocycles. The van der Waals surface area contributed by atoms with Crippen molar-refractivity contribution in [3.05, 3.63) is 34.9 Å². The van der Waals surface area contributed by atoms with Crippen molar-refractivity contribution in [3.8, 4) is 0 Å². The molecule has 0 fully saturated rings. The summed E-state index contributed by atoms with van der Waals surface area (Å²) in [5, 5.41) is 18.7. The van der Waals surface area contributed by atoms with Gasteiger partial charge in [0.05, 0.1) is 6.10 Å². The molecule has 7 heteroatoms. The molecule has 18 heavy (non-hydrogen) atoms. The third kappa shape index (κ3) is 3.86. The van der Waals surface area contributed by atoms with Crippen molar-refractivity contribution in [1.82, 2.24) is 10.2 Å². The first-order valence-corrected chi connectivity index (χ1v) is 8.53. The lowest BCUT2D eigenvalue weighted by Crippen LogP contribution is -2.00. The van der Waals surface area contributed by atoms with Crippen LogP contribution in [0.25, 0.3) is 0 Å². The van der Waals surface area contributed by atoms with Crippen LogP contribution in [-0.2, 0) is 0 Å². The summed E-state index contributed by atoms with van der Waals surface area (Å²) in [7, 11) is 0. The fourth-order valence-corrected chi connectivity index (χ4v) is 3.93. The summed E-state index contributed by atoms with van der Waals surface area (Å²) in [5.74, 6) is 0.545. The molecule has 0 saturated heterocycles. The van der Waals surface area contributed by atoms with Crippen LogP contribution in [0.4, 0.5) is 0 Å². The van der Waals surface area contributed by atoms with Crippen molar-refractivity contribution < 1.29 is 5.11 Å². The molecule has 3 nitrogen and oxygen atoms in total. The number of hydrogen-bond donors (Lipinski definition) is 1. The predicted molar refractivity (Wildman–Crippen MR) is 78.8 cm³/mol. The smallest absolute Gasteiger partial charge is 0.175 e. The summed E-state index contributed by atoms with van der Waals surface area (Å²) in [6.45, 7) is 0. The summed E-state index contributed by atoms with van der Waals surface area (Å²) in [5.41, 5.74) is 0.824. The van der Waals surface area contributed by atoms with E-state index >= 15 is 0 Å². The second-order valence-corrected chi connectivity index (χ2v) is 7.15. The normalized spacial score (nSPS) is 12.6. The summed E-state index contributed by atoms with van der Waals surface area (Å²) in [6, 6.07) is 7.27. The van der Waals surface area contributed by atoms with Crippen LogP contribution in [0.15, 0.2) is 32.9 Å². The monoisotopic (exact) mass is 318 g/mol. The minimum absolute atomic E-state index is 0.545. The summed E-state index contributed by atoms with van der Waals surface area (Å²) >= 11 is 10.5.